The first-order chi connectivity index (χ1) is 12.8. The maximum atomic E-state index is 12.5. The van der Waals surface area contributed by atoms with Crippen LogP contribution in [-0.2, 0) is 9.53 Å². The molecule has 2 aromatic carbocycles. The monoisotopic (exact) mass is 365 g/mol. The fraction of sp³-hybridized carbons (Fsp3) is 0.200. The molecule has 0 atom stereocenters. The number of para-hydroxylation sites is 1. The third kappa shape index (κ3) is 4.66. The summed E-state index contributed by atoms with van der Waals surface area (Å²) in [5.41, 5.74) is 0.940. The van der Waals surface area contributed by atoms with Gasteiger partial charge in [-0.15, -0.1) is 0 Å². The van der Waals surface area contributed by atoms with Gasteiger partial charge in [0.1, 0.15) is 11.6 Å². The predicted molar refractivity (Wildman–Crippen MR) is 102 cm³/mol. The van der Waals surface area contributed by atoms with E-state index in [-0.39, 0.29) is 11.5 Å². The van der Waals surface area contributed by atoms with Crippen molar-refractivity contribution in [1.82, 2.24) is 4.90 Å². The molecule has 1 saturated heterocycles. The van der Waals surface area contributed by atoms with Gasteiger partial charge in [0.25, 0.3) is 5.91 Å². The van der Waals surface area contributed by atoms with E-state index in [2.05, 4.69) is 5.32 Å². The van der Waals surface area contributed by atoms with Gasteiger partial charge in [0.15, 0.2) is 0 Å². The molecule has 1 aliphatic rings. The molecule has 0 saturated carbocycles. The number of nitrogens with one attached hydrogen (secondary N) is 1. The van der Waals surface area contributed by atoms with Crippen LogP contribution in [0.2, 0.25) is 0 Å². The third-order valence-corrected chi connectivity index (χ3v) is 4.96. The van der Waals surface area contributed by atoms with Crippen LogP contribution < -0.4 is 5.32 Å². The lowest BCUT2D eigenvalue weighted by atomic mass is 10.2. The predicted octanol–water partition coefficient (Wildman–Crippen LogP) is 3.52. The molecule has 1 N–H and O–H groups in total. The van der Waals surface area contributed by atoms with E-state index in [1.807, 2.05) is 60.7 Å². The summed E-state index contributed by atoms with van der Waals surface area (Å²) >= 11 is 1.62. The highest BCUT2D eigenvalue weighted by Crippen LogP contribution is 2.33. The Morgan fingerprint density at radius 1 is 1.12 bits per heavy atom. The lowest BCUT2D eigenvalue weighted by Crippen LogP contribution is -2.41. The zero-order chi connectivity index (χ0) is 18.2. The van der Waals surface area contributed by atoms with Crippen molar-refractivity contribution in [2.24, 2.45) is 0 Å². The highest BCUT2D eigenvalue weighted by Gasteiger charge is 2.20. The van der Waals surface area contributed by atoms with Gasteiger partial charge in [-0.3, -0.25) is 4.79 Å². The molecular formula is C20H19N3O2S. The lowest BCUT2D eigenvalue weighted by molar-refractivity contribution is -0.130. The largest absolute Gasteiger partial charge is 0.378 e. The molecule has 1 fully saturated rings. The maximum absolute atomic E-state index is 12.5. The number of ether oxygens (including phenoxy) is 1. The van der Waals surface area contributed by atoms with Crippen LogP contribution in [0, 0.1) is 11.3 Å². The van der Waals surface area contributed by atoms with E-state index in [9.17, 15) is 10.1 Å². The number of hydrogen-bond donors (Lipinski definition) is 1. The molecule has 132 valence electrons. The zero-order valence-corrected chi connectivity index (χ0v) is 15.0. The van der Waals surface area contributed by atoms with E-state index >= 15 is 0 Å². The van der Waals surface area contributed by atoms with E-state index in [0.29, 0.717) is 26.3 Å². The molecule has 0 radical (unpaired) electrons. The SMILES string of the molecule is N#C/C(=C/Nc1ccccc1Sc1ccccc1)C(=O)N1CCOCC1. The molecule has 26 heavy (non-hydrogen) atoms. The molecular weight excluding hydrogens is 346 g/mol. The summed E-state index contributed by atoms with van der Waals surface area (Å²) < 4.78 is 5.25. The van der Waals surface area contributed by atoms with Crippen molar-refractivity contribution in [2.75, 3.05) is 31.6 Å². The quantitative estimate of drug-likeness (QED) is 0.649. The minimum absolute atomic E-state index is 0.0893. The Hall–Kier alpha value is -2.75. The summed E-state index contributed by atoms with van der Waals surface area (Å²) in [6.45, 7) is 2.04. The minimum atomic E-state index is -0.267. The second kappa shape index (κ2) is 9.09. The van der Waals surface area contributed by atoms with E-state index in [1.165, 1.54) is 6.20 Å². The van der Waals surface area contributed by atoms with Crippen molar-refractivity contribution in [2.45, 2.75) is 9.79 Å². The third-order valence-electron chi connectivity index (χ3n) is 3.88. The molecule has 0 aromatic heterocycles. The molecule has 0 spiro atoms. The van der Waals surface area contributed by atoms with Crippen molar-refractivity contribution in [3.05, 3.63) is 66.4 Å². The number of carbonyl (C=O) groups is 1. The number of hydrogen-bond acceptors (Lipinski definition) is 5. The van der Waals surface area contributed by atoms with Crippen molar-refractivity contribution in [3.8, 4) is 6.07 Å². The normalized spacial score (nSPS) is 14.6. The molecule has 6 heteroatoms. The van der Waals surface area contributed by atoms with E-state index in [1.54, 1.807) is 16.7 Å². The molecule has 0 bridgehead atoms. The first kappa shape index (κ1) is 18.1. The van der Waals surface area contributed by atoms with Gasteiger partial charge in [0.05, 0.1) is 18.9 Å². The van der Waals surface area contributed by atoms with Gasteiger partial charge in [0.2, 0.25) is 0 Å². The maximum Gasteiger partial charge on any atom is 0.266 e. The summed E-state index contributed by atoms with van der Waals surface area (Å²) in [7, 11) is 0. The Labute approximate surface area is 157 Å². The Morgan fingerprint density at radius 3 is 2.54 bits per heavy atom. The molecule has 3 rings (SSSR count). The summed E-state index contributed by atoms with van der Waals surface area (Å²) in [6.07, 6.45) is 1.49. The molecule has 1 aliphatic heterocycles. The van der Waals surface area contributed by atoms with E-state index in [4.69, 9.17) is 4.74 Å². The first-order valence-corrected chi connectivity index (χ1v) is 9.15. The van der Waals surface area contributed by atoms with E-state index < -0.39 is 0 Å². The van der Waals surface area contributed by atoms with Gasteiger partial charge in [-0.25, -0.2) is 0 Å². The standard InChI is InChI=1S/C20H19N3O2S/c21-14-16(20(24)23-10-12-25-13-11-23)15-22-18-8-4-5-9-19(18)26-17-6-2-1-3-7-17/h1-9,15,22H,10-13H2/b16-15-. The lowest BCUT2D eigenvalue weighted by Gasteiger charge is -2.26. The number of rotatable bonds is 5. The van der Waals surface area contributed by atoms with Gasteiger partial charge < -0.3 is 15.0 Å². The van der Waals surface area contributed by atoms with Crippen LogP contribution in [0.4, 0.5) is 5.69 Å². The number of anilines is 1. The molecule has 1 heterocycles. The summed E-state index contributed by atoms with van der Waals surface area (Å²) in [6, 6.07) is 19.9. The fourth-order valence-electron chi connectivity index (χ4n) is 2.52. The highest BCUT2D eigenvalue weighted by molar-refractivity contribution is 7.99. The van der Waals surface area contributed by atoms with Crippen LogP contribution in [0.3, 0.4) is 0 Å². The number of benzene rings is 2. The topological polar surface area (TPSA) is 65.4 Å². The average molecular weight is 365 g/mol. The van der Waals surface area contributed by atoms with Crippen LogP contribution in [0.5, 0.6) is 0 Å². The van der Waals surface area contributed by atoms with Crippen LogP contribution in [0.25, 0.3) is 0 Å². The van der Waals surface area contributed by atoms with Crippen LogP contribution in [0.15, 0.2) is 76.2 Å². The number of morpholine rings is 1. The van der Waals surface area contributed by atoms with Crippen molar-refractivity contribution < 1.29 is 9.53 Å². The summed E-state index contributed by atoms with van der Waals surface area (Å²) in [5, 5.41) is 12.5. The van der Waals surface area contributed by atoms with Gasteiger partial charge in [-0.2, -0.15) is 5.26 Å². The van der Waals surface area contributed by atoms with Gasteiger partial charge >= 0.3 is 0 Å². The Balaban J connectivity index is 1.74. The van der Waals surface area contributed by atoms with Gasteiger partial charge in [-0.1, -0.05) is 42.1 Å². The Morgan fingerprint density at radius 2 is 1.81 bits per heavy atom. The van der Waals surface area contributed by atoms with E-state index in [0.717, 1.165) is 15.5 Å². The molecule has 5 nitrogen and oxygen atoms in total. The van der Waals surface area contributed by atoms with Gasteiger partial charge in [-0.05, 0) is 24.3 Å². The number of amides is 1. The molecule has 0 unspecified atom stereocenters. The Kier molecular flexibility index (Phi) is 6.31. The van der Waals surface area contributed by atoms with Crippen LogP contribution in [0.1, 0.15) is 0 Å². The fourth-order valence-corrected chi connectivity index (χ4v) is 3.45. The second-order valence-electron chi connectivity index (χ2n) is 5.63. The Bertz CT molecular complexity index is 824. The number of carbonyl (C=O) groups excluding carboxylic acids is 1. The smallest absolute Gasteiger partial charge is 0.266 e. The number of nitrogens with zero attached hydrogens (tertiary/aromatic N) is 2. The van der Waals surface area contributed by atoms with Crippen LogP contribution in [-0.4, -0.2) is 37.1 Å². The molecule has 1 amide bonds. The summed E-state index contributed by atoms with van der Waals surface area (Å²) in [5.74, 6) is -0.267. The van der Waals surface area contributed by atoms with Crippen molar-refractivity contribution in [1.29, 1.82) is 5.26 Å². The molecule has 0 aliphatic carbocycles. The average Bonchev–Trinajstić information content (AvgIpc) is 2.71. The van der Waals surface area contributed by atoms with Crippen LogP contribution >= 0.6 is 11.8 Å². The highest BCUT2D eigenvalue weighted by atomic mass is 32.2. The van der Waals surface area contributed by atoms with Crippen molar-refractivity contribution in [3.63, 3.8) is 0 Å². The number of nitriles is 1. The van der Waals surface area contributed by atoms with Crippen molar-refractivity contribution >= 4 is 23.4 Å². The zero-order valence-electron chi connectivity index (χ0n) is 14.2. The first-order valence-electron chi connectivity index (χ1n) is 8.33. The minimum Gasteiger partial charge on any atom is -0.378 e. The second-order valence-corrected chi connectivity index (χ2v) is 6.75. The molecule has 2 aromatic rings. The summed E-state index contributed by atoms with van der Waals surface area (Å²) in [4.78, 5) is 16.2. The van der Waals surface area contributed by atoms with Gasteiger partial charge in [0, 0.05) is 29.1 Å².